The van der Waals surface area contributed by atoms with E-state index >= 15 is 0 Å². The van der Waals surface area contributed by atoms with E-state index in [2.05, 4.69) is 41.1 Å². The fraction of sp³-hybridized carbons (Fsp3) is 0.500. The Kier molecular flexibility index (Phi) is 4.15. The average Bonchev–Trinajstić information content (AvgIpc) is 2.71. The molecule has 0 saturated heterocycles. The summed E-state index contributed by atoms with van der Waals surface area (Å²) in [7, 11) is 1.99. The third-order valence-corrected chi connectivity index (χ3v) is 3.07. The van der Waals surface area contributed by atoms with Crippen LogP contribution in [0.15, 0.2) is 24.3 Å². The lowest BCUT2D eigenvalue weighted by atomic mass is 10.2. The number of aromatic nitrogens is 2. The summed E-state index contributed by atoms with van der Waals surface area (Å²) in [5.74, 6) is 1.23. The molecule has 3 heteroatoms. The number of nitrogens with one attached hydrogen (secondary N) is 1. The van der Waals surface area contributed by atoms with Gasteiger partial charge in [0.1, 0.15) is 5.82 Å². The van der Waals surface area contributed by atoms with E-state index < -0.39 is 0 Å². The molecule has 2 aromatic rings. The van der Waals surface area contributed by atoms with Gasteiger partial charge < -0.3 is 9.88 Å². The van der Waals surface area contributed by atoms with Gasteiger partial charge in [0.15, 0.2) is 0 Å². The minimum atomic E-state index is 0.986. The maximum atomic E-state index is 4.74. The Morgan fingerprint density at radius 3 is 2.88 bits per heavy atom. The van der Waals surface area contributed by atoms with Gasteiger partial charge >= 0.3 is 0 Å². The Morgan fingerprint density at radius 1 is 1.29 bits per heavy atom. The predicted molar refractivity (Wildman–Crippen MR) is 72.3 cm³/mol. The zero-order valence-corrected chi connectivity index (χ0v) is 10.7. The predicted octanol–water partition coefficient (Wildman–Crippen LogP) is 2.60. The number of aryl methyl sites for hydroxylation is 1. The molecule has 0 aliphatic carbocycles. The lowest BCUT2D eigenvalue weighted by molar-refractivity contribution is 0.615. The molecule has 1 aromatic carbocycles. The van der Waals surface area contributed by atoms with Crippen LogP contribution in [0.2, 0.25) is 0 Å². The third-order valence-electron chi connectivity index (χ3n) is 3.07. The van der Waals surface area contributed by atoms with Gasteiger partial charge in [-0.3, -0.25) is 0 Å². The van der Waals surface area contributed by atoms with E-state index in [0.29, 0.717) is 0 Å². The fourth-order valence-electron chi connectivity index (χ4n) is 2.12. The first kappa shape index (κ1) is 12.1. The van der Waals surface area contributed by atoms with Gasteiger partial charge in [-0.15, -0.1) is 0 Å². The summed E-state index contributed by atoms with van der Waals surface area (Å²) < 4.78 is 2.35. The largest absolute Gasteiger partial charge is 0.327 e. The number of benzene rings is 1. The van der Waals surface area contributed by atoms with Crippen molar-refractivity contribution in [1.29, 1.82) is 0 Å². The minimum Gasteiger partial charge on any atom is -0.327 e. The summed E-state index contributed by atoms with van der Waals surface area (Å²) >= 11 is 0. The molecule has 0 bridgehead atoms. The number of likely N-dealkylation sites (N-methyl/N-ethyl adjacent to an activating group) is 1. The van der Waals surface area contributed by atoms with E-state index in [1.807, 2.05) is 7.05 Å². The quantitative estimate of drug-likeness (QED) is 0.828. The molecule has 1 heterocycles. The van der Waals surface area contributed by atoms with Crippen molar-refractivity contribution < 1.29 is 0 Å². The van der Waals surface area contributed by atoms with Crippen molar-refractivity contribution in [1.82, 2.24) is 14.9 Å². The lowest BCUT2D eigenvalue weighted by Crippen LogP contribution is -2.16. The van der Waals surface area contributed by atoms with Gasteiger partial charge in [0.25, 0.3) is 0 Å². The molecule has 92 valence electrons. The molecule has 3 nitrogen and oxygen atoms in total. The van der Waals surface area contributed by atoms with Crippen LogP contribution in [0.3, 0.4) is 0 Å². The molecule has 0 spiro atoms. The summed E-state index contributed by atoms with van der Waals surface area (Å²) in [5.41, 5.74) is 2.38. The Bertz CT molecular complexity index is 473. The van der Waals surface area contributed by atoms with Crippen molar-refractivity contribution >= 4 is 11.0 Å². The molecule has 1 N–H and O–H groups in total. The summed E-state index contributed by atoms with van der Waals surface area (Å²) in [4.78, 5) is 4.74. The standard InChI is InChI=1S/C14H21N3/c1-3-4-9-14-16-12-7-5-6-8-13(12)17(14)11-10-15-2/h5-8,15H,3-4,9-11H2,1-2H3. The maximum absolute atomic E-state index is 4.74. The molecule has 2 rings (SSSR count). The molecule has 0 radical (unpaired) electrons. The highest BCUT2D eigenvalue weighted by Gasteiger charge is 2.08. The van der Waals surface area contributed by atoms with Crippen molar-refractivity contribution in [2.75, 3.05) is 13.6 Å². The summed E-state index contributed by atoms with van der Waals surface area (Å²) in [6.45, 7) is 4.20. The molecule has 17 heavy (non-hydrogen) atoms. The number of fused-ring (bicyclic) bond motifs is 1. The molecule has 0 aliphatic heterocycles. The lowest BCUT2D eigenvalue weighted by Gasteiger charge is -2.08. The highest BCUT2D eigenvalue weighted by Crippen LogP contribution is 2.17. The molecule has 0 unspecified atom stereocenters. The van der Waals surface area contributed by atoms with Crippen molar-refractivity contribution in [3.8, 4) is 0 Å². The highest BCUT2D eigenvalue weighted by atomic mass is 15.1. The second-order valence-electron chi connectivity index (χ2n) is 4.38. The van der Waals surface area contributed by atoms with Gasteiger partial charge in [0.2, 0.25) is 0 Å². The summed E-state index contributed by atoms with van der Waals surface area (Å²) in [6.07, 6.45) is 3.51. The minimum absolute atomic E-state index is 0.986. The number of unbranched alkanes of at least 4 members (excludes halogenated alkanes) is 1. The molecule has 0 amide bonds. The fourth-order valence-corrected chi connectivity index (χ4v) is 2.12. The van der Waals surface area contributed by atoms with Gasteiger partial charge in [-0.25, -0.2) is 4.98 Å². The van der Waals surface area contributed by atoms with E-state index in [0.717, 1.165) is 25.0 Å². The van der Waals surface area contributed by atoms with Crippen LogP contribution >= 0.6 is 0 Å². The molecule has 0 saturated carbocycles. The van der Waals surface area contributed by atoms with Crippen LogP contribution in [0.1, 0.15) is 25.6 Å². The molecule has 0 aliphatic rings. The van der Waals surface area contributed by atoms with Crippen molar-refractivity contribution in [3.63, 3.8) is 0 Å². The van der Waals surface area contributed by atoms with Gasteiger partial charge in [-0.1, -0.05) is 25.5 Å². The zero-order chi connectivity index (χ0) is 12.1. The van der Waals surface area contributed by atoms with Crippen LogP contribution in [0.4, 0.5) is 0 Å². The van der Waals surface area contributed by atoms with Crippen LogP contribution in [0.25, 0.3) is 11.0 Å². The van der Waals surface area contributed by atoms with Crippen LogP contribution in [-0.2, 0) is 13.0 Å². The van der Waals surface area contributed by atoms with Gasteiger partial charge in [-0.2, -0.15) is 0 Å². The Balaban J connectivity index is 2.34. The second-order valence-corrected chi connectivity index (χ2v) is 4.38. The van der Waals surface area contributed by atoms with Crippen molar-refractivity contribution in [3.05, 3.63) is 30.1 Å². The Hall–Kier alpha value is -1.35. The van der Waals surface area contributed by atoms with Crippen LogP contribution in [0.5, 0.6) is 0 Å². The Labute approximate surface area is 103 Å². The first-order valence-electron chi connectivity index (χ1n) is 6.45. The van der Waals surface area contributed by atoms with Crippen LogP contribution in [0, 0.1) is 0 Å². The highest BCUT2D eigenvalue weighted by molar-refractivity contribution is 5.75. The first-order valence-corrected chi connectivity index (χ1v) is 6.45. The Morgan fingerprint density at radius 2 is 2.12 bits per heavy atom. The van der Waals surface area contributed by atoms with Crippen molar-refractivity contribution in [2.45, 2.75) is 32.7 Å². The van der Waals surface area contributed by atoms with Crippen LogP contribution in [-0.4, -0.2) is 23.1 Å². The molecular weight excluding hydrogens is 210 g/mol. The second kappa shape index (κ2) is 5.82. The molecule has 0 atom stereocenters. The smallest absolute Gasteiger partial charge is 0.109 e. The molecular formula is C14H21N3. The number of imidazole rings is 1. The normalized spacial score (nSPS) is 11.2. The first-order chi connectivity index (χ1) is 8.36. The number of hydrogen-bond donors (Lipinski definition) is 1. The topological polar surface area (TPSA) is 29.9 Å². The SMILES string of the molecule is CCCCc1nc2ccccc2n1CCNC. The van der Waals surface area contributed by atoms with E-state index in [1.54, 1.807) is 0 Å². The zero-order valence-electron chi connectivity index (χ0n) is 10.7. The van der Waals surface area contributed by atoms with Gasteiger partial charge in [0, 0.05) is 19.5 Å². The average molecular weight is 231 g/mol. The van der Waals surface area contributed by atoms with E-state index in [9.17, 15) is 0 Å². The molecule has 1 aromatic heterocycles. The van der Waals surface area contributed by atoms with E-state index in [1.165, 1.54) is 24.2 Å². The van der Waals surface area contributed by atoms with Gasteiger partial charge in [-0.05, 0) is 25.6 Å². The van der Waals surface area contributed by atoms with E-state index in [4.69, 9.17) is 4.98 Å². The monoisotopic (exact) mass is 231 g/mol. The van der Waals surface area contributed by atoms with Gasteiger partial charge in [0.05, 0.1) is 11.0 Å². The third kappa shape index (κ3) is 2.67. The number of rotatable bonds is 6. The maximum Gasteiger partial charge on any atom is 0.109 e. The number of hydrogen-bond acceptors (Lipinski definition) is 2. The van der Waals surface area contributed by atoms with Crippen LogP contribution < -0.4 is 5.32 Å². The summed E-state index contributed by atoms with van der Waals surface area (Å²) in [5, 5.41) is 3.21. The van der Waals surface area contributed by atoms with E-state index in [-0.39, 0.29) is 0 Å². The molecule has 0 fully saturated rings. The number of nitrogens with zero attached hydrogens (tertiary/aromatic N) is 2. The number of para-hydroxylation sites is 2. The summed E-state index contributed by atoms with van der Waals surface area (Å²) in [6, 6.07) is 8.40. The van der Waals surface area contributed by atoms with Crippen molar-refractivity contribution in [2.24, 2.45) is 0 Å².